The van der Waals surface area contributed by atoms with Crippen molar-refractivity contribution in [2.24, 2.45) is 7.05 Å². The number of H-pyrrole nitrogens is 1. The van der Waals surface area contributed by atoms with E-state index >= 15 is 0 Å². The summed E-state index contributed by atoms with van der Waals surface area (Å²) in [5.74, 6) is 1.72. The number of aryl methyl sites for hydroxylation is 1. The maximum Gasteiger partial charge on any atom is 0.257 e. The molecule has 0 unspecified atom stereocenters. The maximum absolute atomic E-state index is 12.0. The second kappa shape index (κ2) is 10.6. The Morgan fingerprint density at radius 1 is 1.23 bits per heavy atom. The van der Waals surface area contributed by atoms with Crippen molar-refractivity contribution in [3.63, 3.8) is 0 Å². The largest absolute Gasteiger partial charge is 0.493 e. The number of likely N-dealkylation sites (N-methyl/N-ethyl adjacent to an activating group) is 1. The number of carbonyl (C=O) groups is 1. The highest BCUT2D eigenvalue weighted by atomic mass is 35.5. The molecule has 0 radical (unpaired) electrons. The molecule has 2 aromatic heterocycles. The Hall–Kier alpha value is -3.83. The number of ether oxygens (including phenoxy) is 2. The first-order chi connectivity index (χ1) is 16.9. The van der Waals surface area contributed by atoms with Gasteiger partial charge in [0.1, 0.15) is 0 Å². The molecule has 2 heterocycles. The van der Waals surface area contributed by atoms with Crippen LogP contribution in [0.5, 0.6) is 11.5 Å². The summed E-state index contributed by atoms with van der Waals surface area (Å²) < 4.78 is 12.7. The third-order valence-electron chi connectivity index (χ3n) is 5.23. The summed E-state index contributed by atoms with van der Waals surface area (Å²) in [5.41, 5.74) is 2.26. The number of aromatic amines is 1. The Morgan fingerprint density at radius 2 is 2.06 bits per heavy atom. The first-order valence-corrected chi connectivity index (χ1v) is 11.3. The van der Waals surface area contributed by atoms with E-state index in [1.807, 2.05) is 37.2 Å². The SMILES string of the molecule is COc1cc(-c2nc(Nc3ccc4[nH]ncc4c3Cl)n(C)n2)ccc1OCC(=O)NCCN(C)C. The summed E-state index contributed by atoms with van der Waals surface area (Å²) in [5, 5.41) is 18.8. The number of methoxy groups -OCH3 is 1. The Bertz CT molecular complexity index is 1330. The van der Waals surface area contributed by atoms with Gasteiger partial charge in [0.25, 0.3) is 5.91 Å². The number of carbonyl (C=O) groups excluding carboxylic acids is 1. The smallest absolute Gasteiger partial charge is 0.257 e. The molecule has 0 saturated heterocycles. The number of nitrogens with zero attached hydrogens (tertiary/aromatic N) is 5. The number of benzene rings is 2. The molecule has 11 nitrogen and oxygen atoms in total. The van der Waals surface area contributed by atoms with E-state index in [1.165, 1.54) is 7.11 Å². The third-order valence-corrected chi connectivity index (χ3v) is 5.64. The lowest BCUT2D eigenvalue weighted by molar-refractivity contribution is -0.123. The minimum Gasteiger partial charge on any atom is -0.493 e. The Balaban J connectivity index is 1.47. The highest BCUT2D eigenvalue weighted by Crippen LogP contribution is 2.34. The molecule has 4 rings (SSSR count). The van der Waals surface area contributed by atoms with E-state index < -0.39 is 0 Å². The van der Waals surface area contributed by atoms with Gasteiger partial charge in [0.2, 0.25) is 5.95 Å². The van der Waals surface area contributed by atoms with Gasteiger partial charge >= 0.3 is 0 Å². The van der Waals surface area contributed by atoms with Crippen LogP contribution in [0.4, 0.5) is 11.6 Å². The second-order valence-electron chi connectivity index (χ2n) is 8.07. The highest BCUT2D eigenvalue weighted by Gasteiger charge is 2.15. The first kappa shape index (κ1) is 24.3. The molecule has 1 amide bonds. The zero-order valence-electron chi connectivity index (χ0n) is 19.9. The summed E-state index contributed by atoms with van der Waals surface area (Å²) in [6.45, 7) is 1.19. The molecule has 12 heteroatoms. The molecule has 0 fully saturated rings. The topological polar surface area (TPSA) is 122 Å². The van der Waals surface area contributed by atoms with Crippen LogP contribution in [-0.2, 0) is 11.8 Å². The average molecular weight is 499 g/mol. The fourth-order valence-electron chi connectivity index (χ4n) is 3.35. The van der Waals surface area contributed by atoms with Crippen LogP contribution in [0.2, 0.25) is 5.02 Å². The minimum atomic E-state index is -0.202. The summed E-state index contributed by atoms with van der Waals surface area (Å²) in [6, 6.07) is 9.05. The summed E-state index contributed by atoms with van der Waals surface area (Å²) in [7, 11) is 7.21. The summed E-state index contributed by atoms with van der Waals surface area (Å²) in [6.07, 6.45) is 1.67. The molecule has 184 valence electrons. The molecule has 3 N–H and O–H groups in total. The molecule has 0 bridgehead atoms. The zero-order valence-corrected chi connectivity index (χ0v) is 20.7. The van der Waals surface area contributed by atoms with Crippen molar-refractivity contribution in [1.29, 1.82) is 0 Å². The van der Waals surface area contributed by atoms with Gasteiger partial charge in [-0.15, -0.1) is 5.10 Å². The van der Waals surface area contributed by atoms with Gasteiger partial charge in [-0.25, -0.2) is 4.68 Å². The second-order valence-corrected chi connectivity index (χ2v) is 8.45. The minimum absolute atomic E-state index is 0.110. The van der Waals surface area contributed by atoms with Crippen LogP contribution in [0, 0.1) is 0 Å². The van der Waals surface area contributed by atoms with Crippen LogP contribution in [0.3, 0.4) is 0 Å². The highest BCUT2D eigenvalue weighted by molar-refractivity contribution is 6.38. The number of halogens is 1. The standard InChI is InChI=1S/C23H27ClN8O3/c1-31(2)10-9-25-20(33)13-35-18-8-5-14(11-19(18)34-4)22-28-23(32(3)30-22)27-17-7-6-16-15(21(17)24)12-26-29-16/h5-8,11-12H,9-10,13H2,1-4H3,(H,25,33)(H,26,29)(H,27,28,30). The summed E-state index contributed by atoms with van der Waals surface area (Å²) in [4.78, 5) is 18.6. The van der Waals surface area contributed by atoms with Crippen molar-refractivity contribution < 1.29 is 14.3 Å². The number of anilines is 2. The van der Waals surface area contributed by atoms with Crippen molar-refractivity contribution in [2.75, 3.05) is 46.2 Å². The lowest BCUT2D eigenvalue weighted by atomic mass is 10.2. The van der Waals surface area contributed by atoms with Gasteiger partial charge in [0.05, 0.1) is 29.5 Å². The molecule has 0 atom stereocenters. The molecular weight excluding hydrogens is 472 g/mol. The normalized spacial score (nSPS) is 11.1. The van der Waals surface area contributed by atoms with Crippen molar-refractivity contribution in [1.82, 2.24) is 35.2 Å². The van der Waals surface area contributed by atoms with Gasteiger partial charge in [-0.3, -0.25) is 9.89 Å². The first-order valence-electron chi connectivity index (χ1n) is 10.9. The lowest BCUT2D eigenvalue weighted by Crippen LogP contribution is -2.34. The van der Waals surface area contributed by atoms with E-state index in [4.69, 9.17) is 21.1 Å². The molecule has 0 spiro atoms. The Morgan fingerprint density at radius 3 is 2.83 bits per heavy atom. The Labute approximate surface area is 207 Å². The van der Waals surface area contributed by atoms with Crippen molar-refractivity contribution in [2.45, 2.75) is 0 Å². The van der Waals surface area contributed by atoms with E-state index in [0.717, 1.165) is 23.0 Å². The van der Waals surface area contributed by atoms with Crippen LogP contribution in [0.15, 0.2) is 36.5 Å². The van der Waals surface area contributed by atoms with Crippen molar-refractivity contribution in [3.05, 3.63) is 41.6 Å². The third kappa shape index (κ3) is 5.64. The lowest BCUT2D eigenvalue weighted by Gasteiger charge is -2.13. The quantitative estimate of drug-likeness (QED) is 0.305. The predicted octanol–water partition coefficient (Wildman–Crippen LogP) is 2.82. The molecule has 0 aliphatic heterocycles. The van der Waals surface area contributed by atoms with Crippen LogP contribution in [-0.4, -0.2) is 76.7 Å². The molecule has 0 aliphatic carbocycles. The predicted molar refractivity (Wildman–Crippen MR) is 134 cm³/mol. The monoisotopic (exact) mass is 498 g/mol. The number of hydrogen-bond donors (Lipinski definition) is 3. The van der Waals surface area contributed by atoms with Gasteiger partial charge in [-0.1, -0.05) is 11.6 Å². The average Bonchev–Trinajstić information content (AvgIpc) is 3.46. The van der Waals surface area contributed by atoms with Gasteiger partial charge in [-0.2, -0.15) is 10.1 Å². The molecule has 0 aliphatic rings. The number of rotatable bonds is 10. The van der Waals surface area contributed by atoms with Gasteiger partial charge < -0.3 is 25.0 Å². The van der Waals surface area contributed by atoms with E-state index in [9.17, 15) is 4.79 Å². The molecule has 2 aromatic carbocycles. The van der Waals surface area contributed by atoms with E-state index in [0.29, 0.717) is 40.5 Å². The molecule has 35 heavy (non-hydrogen) atoms. The maximum atomic E-state index is 12.0. The number of hydrogen-bond acceptors (Lipinski definition) is 8. The number of fused-ring (bicyclic) bond motifs is 1. The van der Waals surface area contributed by atoms with Crippen LogP contribution < -0.4 is 20.1 Å². The number of amides is 1. The van der Waals surface area contributed by atoms with E-state index in [-0.39, 0.29) is 12.5 Å². The molecule has 0 saturated carbocycles. The van der Waals surface area contributed by atoms with Gasteiger partial charge in [0.15, 0.2) is 23.9 Å². The van der Waals surface area contributed by atoms with Crippen LogP contribution >= 0.6 is 11.6 Å². The fraction of sp³-hybridized carbons (Fsp3) is 0.304. The van der Waals surface area contributed by atoms with Crippen molar-refractivity contribution >= 4 is 40.0 Å². The van der Waals surface area contributed by atoms with Crippen molar-refractivity contribution in [3.8, 4) is 22.9 Å². The fourth-order valence-corrected chi connectivity index (χ4v) is 3.62. The number of nitrogens with one attached hydrogen (secondary N) is 3. The summed E-state index contributed by atoms with van der Waals surface area (Å²) >= 11 is 6.52. The van der Waals surface area contributed by atoms with E-state index in [2.05, 4.69) is 30.9 Å². The zero-order chi connectivity index (χ0) is 24.9. The number of aromatic nitrogens is 5. The van der Waals surface area contributed by atoms with Crippen LogP contribution in [0.1, 0.15) is 0 Å². The van der Waals surface area contributed by atoms with Crippen LogP contribution in [0.25, 0.3) is 22.3 Å². The van der Waals surface area contributed by atoms with E-state index in [1.54, 1.807) is 30.1 Å². The van der Waals surface area contributed by atoms with Gasteiger partial charge in [0, 0.05) is 31.1 Å². The molecule has 4 aromatic rings. The molecular formula is C23H27ClN8O3. The Kier molecular flexibility index (Phi) is 7.37. The van der Waals surface area contributed by atoms with Gasteiger partial charge in [-0.05, 0) is 44.4 Å².